The van der Waals surface area contributed by atoms with Crippen LogP contribution in [-0.2, 0) is 6.54 Å². The van der Waals surface area contributed by atoms with E-state index in [1.165, 1.54) is 0 Å². The van der Waals surface area contributed by atoms with E-state index in [9.17, 15) is 4.79 Å². The van der Waals surface area contributed by atoms with E-state index in [1.54, 1.807) is 22.9 Å². The fourth-order valence-corrected chi connectivity index (χ4v) is 1.60. The van der Waals surface area contributed by atoms with Crippen LogP contribution in [0, 0.1) is 0 Å². The van der Waals surface area contributed by atoms with E-state index < -0.39 is 0 Å². The predicted octanol–water partition coefficient (Wildman–Crippen LogP) is 1.78. The molecule has 15 heavy (non-hydrogen) atoms. The summed E-state index contributed by atoms with van der Waals surface area (Å²) >= 11 is 3.33. The smallest absolute Gasteiger partial charge is 0.250 e. The van der Waals surface area contributed by atoms with Gasteiger partial charge in [-0.3, -0.25) is 4.79 Å². The summed E-state index contributed by atoms with van der Waals surface area (Å²) in [5.74, 6) is 0. The molecule has 0 unspecified atom stereocenters. The average Bonchev–Trinajstić information content (AvgIpc) is 2.20. The highest BCUT2D eigenvalue weighted by Gasteiger charge is 1.99. The number of halogens is 1. The van der Waals surface area contributed by atoms with Crippen LogP contribution in [0.4, 0.5) is 0 Å². The first-order chi connectivity index (χ1) is 7.13. The average molecular weight is 271 g/mol. The molecule has 82 valence electrons. The van der Waals surface area contributed by atoms with E-state index in [4.69, 9.17) is 0 Å². The van der Waals surface area contributed by atoms with Gasteiger partial charge >= 0.3 is 0 Å². The minimum Gasteiger partial charge on any atom is -0.313 e. The normalized spacial score (nSPS) is 10.3. The third kappa shape index (κ3) is 4.01. The van der Waals surface area contributed by atoms with Gasteiger partial charge in [0.25, 0.3) is 5.56 Å². The highest BCUT2D eigenvalue weighted by molar-refractivity contribution is 9.10. The van der Waals surface area contributed by atoms with Crippen LogP contribution in [0.3, 0.4) is 0 Å². The zero-order chi connectivity index (χ0) is 11.3. The van der Waals surface area contributed by atoms with Crippen molar-refractivity contribution in [1.82, 2.24) is 9.88 Å². The van der Waals surface area contributed by atoms with E-state index in [-0.39, 0.29) is 5.56 Å². The van der Waals surface area contributed by atoms with Crippen LogP contribution >= 0.6 is 15.9 Å². The monoisotopic (exact) mass is 270 g/mol. The molecule has 1 rings (SSSR count). The third-order valence-electron chi connectivity index (χ3n) is 1.97. The largest absolute Gasteiger partial charge is 0.313 e. The molecule has 0 saturated heterocycles. The molecule has 0 aliphatic carbocycles. The van der Waals surface area contributed by atoms with Gasteiger partial charge in [-0.05, 0) is 34.1 Å². The van der Waals surface area contributed by atoms with Gasteiger partial charge in [0, 0.05) is 29.8 Å². The summed E-state index contributed by atoms with van der Waals surface area (Å²) in [6.45, 7) is 8.18. The van der Waals surface area contributed by atoms with E-state index in [1.807, 2.05) is 6.92 Å². The lowest BCUT2D eigenvalue weighted by Gasteiger charge is -2.09. The lowest BCUT2D eigenvalue weighted by molar-refractivity contribution is 0.686. The zero-order valence-electron chi connectivity index (χ0n) is 8.79. The van der Waals surface area contributed by atoms with Gasteiger partial charge in [0.1, 0.15) is 0 Å². The van der Waals surface area contributed by atoms with Crippen molar-refractivity contribution in [3.05, 3.63) is 45.3 Å². The number of likely N-dealkylation sites (N-methyl/N-ethyl adjacent to an activating group) is 1. The molecule has 1 N–H and O–H groups in total. The van der Waals surface area contributed by atoms with E-state index in [0.717, 1.165) is 23.1 Å². The summed E-state index contributed by atoms with van der Waals surface area (Å²) in [6.07, 6.45) is 1.78. The van der Waals surface area contributed by atoms with Crippen molar-refractivity contribution in [1.29, 1.82) is 0 Å². The summed E-state index contributed by atoms with van der Waals surface area (Å²) in [6, 6.07) is 3.29. The zero-order valence-corrected chi connectivity index (χ0v) is 10.4. The fraction of sp³-hybridized carbons (Fsp3) is 0.364. The predicted molar refractivity (Wildman–Crippen MR) is 66.1 cm³/mol. The lowest BCUT2D eigenvalue weighted by Crippen LogP contribution is -2.23. The first kappa shape index (κ1) is 12.2. The number of rotatable bonds is 5. The summed E-state index contributed by atoms with van der Waals surface area (Å²) in [7, 11) is 0. The standard InChI is InChI=1S/C11H15BrN2O/c1-3-13-6-9(2)7-14-8-10(12)4-5-11(14)15/h4-5,8,13H,2-3,6-7H2,1H3. The Labute approximate surface area is 97.9 Å². The Hall–Kier alpha value is -0.870. The number of hydrogen-bond donors (Lipinski definition) is 1. The second-order valence-electron chi connectivity index (χ2n) is 3.34. The molecule has 0 spiro atoms. The van der Waals surface area contributed by atoms with E-state index in [2.05, 4.69) is 27.8 Å². The Morgan fingerprint density at radius 1 is 1.60 bits per heavy atom. The highest BCUT2D eigenvalue weighted by Crippen LogP contribution is 2.05. The molecule has 0 aliphatic rings. The van der Waals surface area contributed by atoms with Crippen molar-refractivity contribution in [2.45, 2.75) is 13.5 Å². The van der Waals surface area contributed by atoms with Gasteiger partial charge in [0.05, 0.1) is 0 Å². The van der Waals surface area contributed by atoms with Gasteiger partial charge in [0.2, 0.25) is 0 Å². The van der Waals surface area contributed by atoms with E-state index >= 15 is 0 Å². The van der Waals surface area contributed by atoms with Gasteiger partial charge in [0.15, 0.2) is 0 Å². The van der Waals surface area contributed by atoms with Crippen LogP contribution < -0.4 is 10.9 Å². The van der Waals surface area contributed by atoms with Gasteiger partial charge < -0.3 is 9.88 Å². The van der Waals surface area contributed by atoms with Gasteiger partial charge in [-0.25, -0.2) is 0 Å². The molecular weight excluding hydrogens is 256 g/mol. The number of aromatic nitrogens is 1. The summed E-state index contributed by atoms with van der Waals surface area (Å²) < 4.78 is 2.54. The molecule has 1 aromatic heterocycles. The first-order valence-corrected chi connectivity index (χ1v) is 5.66. The van der Waals surface area contributed by atoms with Crippen LogP contribution in [-0.4, -0.2) is 17.7 Å². The Kier molecular flexibility index (Phi) is 4.78. The van der Waals surface area contributed by atoms with Gasteiger partial charge in [-0.1, -0.05) is 13.5 Å². The van der Waals surface area contributed by atoms with Gasteiger partial charge in [-0.2, -0.15) is 0 Å². The second kappa shape index (κ2) is 5.88. The van der Waals surface area contributed by atoms with Crippen molar-refractivity contribution >= 4 is 15.9 Å². The number of pyridine rings is 1. The Morgan fingerprint density at radius 3 is 3.00 bits per heavy atom. The topological polar surface area (TPSA) is 34.0 Å². The number of nitrogens with zero attached hydrogens (tertiary/aromatic N) is 1. The Morgan fingerprint density at radius 2 is 2.33 bits per heavy atom. The van der Waals surface area contributed by atoms with Crippen LogP contribution in [0.5, 0.6) is 0 Å². The van der Waals surface area contributed by atoms with Crippen LogP contribution in [0.25, 0.3) is 0 Å². The molecule has 0 aliphatic heterocycles. The number of hydrogen-bond acceptors (Lipinski definition) is 2. The van der Waals surface area contributed by atoms with Crippen molar-refractivity contribution in [2.24, 2.45) is 0 Å². The first-order valence-electron chi connectivity index (χ1n) is 4.87. The molecule has 4 heteroatoms. The minimum atomic E-state index is -0.00384. The lowest BCUT2D eigenvalue weighted by atomic mass is 10.3. The molecular formula is C11H15BrN2O. The van der Waals surface area contributed by atoms with Crippen molar-refractivity contribution in [2.75, 3.05) is 13.1 Å². The fourth-order valence-electron chi connectivity index (χ4n) is 1.22. The Balaban J connectivity index is 2.68. The molecule has 1 aromatic rings. The molecule has 0 atom stereocenters. The van der Waals surface area contributed by atoms with Gasteiger partial charge in [-0.15, -0.1) is 0 Å². The number of nitrogens with one attached hydrogen (secondary N) is 1. The summed E-state index contributed by atoms with van der Waals surface area (Å²) in [5.41, 5.74) is 0.993. The van der Waals surface area contributed by atoms with E-state index in [0.29, 0.717) is 6.54 Å². The third-order valence-corrected chi connectivity index (χ3v) is 2.44. The van der Waals surface area contributed by atoms with Crippen molar-refractivity contribution in [3.63, 3.8) is 0 Å². The van der Waals surface area contributed by atoms with Crippen LogP contribution in [0.2, 0.25) is 0 Å². The van der Waals surface area contributed by atoms with Crippen LogP contribution in [0.1, 0.15) is 6.92 Å². The second-order valence-corrected chi connectivity index (χ2v) is 4.26. The maximum atomic E-state index is 11.5. The molecule has 0 aromatic carbocycles. The SMILES string of the molecule is C=C(CNCC)Cn1cc(Br)ccc1=O. The maximum absolute atomic E-state index is 11.5. The molecule has 1 heterocycles. The summed E-state index contributed by atoms with van der Waals surface area (Å²) in [4.78, 5) is 11.5. The van der Waals surface area contributed by atoms with Crippen molar-refractivity contribution < 1.29 is 0 Å². The molecule has 0 radical (unpaired) electrons. The minimum absolute atomic E-state index is 0.00384. The maximum Gasteiger partial charge on any atom is 0.250 e. The molecule has 0 bridgehead atoms. The molecule has 0 fully saturated rings. The highest BCUT2D eigenvalue weighted by atomic mass is 79.9. The molecule has 0 amide bonds. The quantitative estimate of drug-likeness (QED) is 0.828. The van der Waals surface area contributed by atoms with Crippen LogP contribution in [0.15, 0.2) is 39.7 Å². The molecule has 3 nitrogen and oxygen atoms in total. The molecule has 0 saturated carbocycles. The Bertz CT molecular complexity index is 398. The van der Waals surface area contributed by atoms with Crippen molar-refractivity contribution in [3.8, 4) is 0 Å². The summed E-state index contributed by atoms with van der Waals surface area (Å²) in [5, 5.41) is 3.18.